The number of nitrogens with one attached hydrogen (secondary N) is 1. The molecule has 2 atom stereocenters. The molecule has 11 heteroatoms. The molecule has 1 aromatic heterocycles. The molecule has 31 heavy (non-hydrogen) atoms. The van der Waals surface area contributed by atoms with Gasteiger partial charge in [0.2, 0.25) is 0 Å². The summed E-state index contributed by atoms with van der Waals surface area (Å²) in [6.07, 6.45) is -0.813. The average Bonchev–Trinajstić information content (AvgIpc) is 3.31. The maximum atomic E-state index is 12.9. The largest absolute Gasteiger partial charge is 0.370 e. The lowest BCUT2D eigenvalue weighted by molar-refractivity contribution is -0.126. The number of hydrogen-bond acceptors (Lipinski definition) is 6. The molecule has 0 spiro atoms. The van der Waals surface area contributed by atoms with Gasteiger partial charge < -0.3 is 24.6 Å². The lowest BCUT2D eigenvalue weighted by Crippen LogP contribution is -2.44. The van der Waals surface area contributed by atoms with Gasteiger partial charge in [0.25, 0.3) is 17.7 Å². The summed E-state index contributed by atoms with van der Waals surface area (Å²) in [5.74, 6) is -0.705. The Morgan fingerprint density at radius 2 is 2.10 bits per heavy atom. The molecule has 4 rings (SSSR count). The van der Waals surface area contributed by atoms with Crippen LogP contribution in [0.15, 0.2) is 34.1 Å². The first-order valence-corrected chi connectivity index (χ1v) is 11.5. The molecule has 3 heterocycles. The highest BCUT2D eigenvalue weighted by molar-refractivity contribution is 9.11. The first-order valence-electron chi connectivity index (χ1n) is 9.47. The van der Waals surface area contributed by atoms with Crippen LogP contribution >= 0.6 is 38.9 Å². The molecule has 0 saturated carbocycles. The van der Waals surface area contributed by atoms with Crippen LogP contribution in [0, 0.1) is 0 Å². The zero-order valence-electron chi connectivity index (χ0n) is 16.5. The van der Waals surface area contributed by atoms with Crippen molar-refractivity contribution in [3.05, 3.63) is 44.0 Å². The molecule has 2 aliphatic heterocycles. The second kappa shape index (κ2) is 9.25. The van der Waals surface area contributed by atoms with Crippen LogP contribution < -0.4 is 15.1 Å². The molecule has 0 bridgehead atoms. The van der Waals surface area contributed by atoms with Crippen molar-refractivity contribution >= 4 is 68.0 Å². The third-order valence-electron chi connectivity index (χ3n) is 5.14. The number of rotatable bonds is 5. The quantitative estimate of drug-likeness (QED) is 0.645. The summed E-state index contributed by atoms with van der Waals surface area (Å²) in [7, 11) is 1.44. The van der Waals surface area contributed by atoms with Gasteiger partial charge in [-0.25, -0.2) is 0 Å². The van der Waals surface area contributed by atoms with Crippen LogP contribution in [-0.4, -0.2) is 63.3 Å². The van der Waals surface area contributed by atoms with Crippen molar-refractivity contribution in [2.75, 3.05) is 43.2 Å². The second-order valence-corrected chi connectivity index (χ2v) is 9.89. The molecule has 3 amide bonds. The molecular weight excluding hydrogens is 510 g/mol. The summed E-state index contributed by atoms with van der Waals surface area (Å²) in [4.78, 5) is 41.2. The van der Waals surface area contributed by atoms with Gasteiger partial charge in [0, 0.05) is 25.9 Å². The number of methoxy groups -OCH3 is 1. The SMILES string of the molecule is COC1C(=O)N(c2ccc(N3CCOCC3=O)c(Cl)c2)CC1NC(=O)c1ccc(Br)s1. The first kappa shape index (κ1) is 22.2. The summed E-state index contributed by atoms with van der Waals surface area (Å²) in [6, 6.07) is 8.07. The Morgan fingerprint density at radius 3 is 2.74 bits per heavy atom. The van der Waals surface area contributed by atoms with E-state index in [-0.39, 0.29) is 30.9 Å². The van der Waals surface area contributed by atoms with E-state index < -0.39 is 12.1 Å². The lowest BCUT2D eigenvalue weighted by atomic mass is 10.2. The van der Waals surface area contributed by atoms with Gasteiger partial charge in [-0.3, -0.25) is 14.4 Å². The van der Waals surface area contributed by atoms with Gasteiger partial charge in [0.1, 0.15) is 6.61 Å². The molecule has 1 N–H and O–H groups in total. The second-order valence-electron chi connectivity index (χ2n) is 7.02. The van der Waals surface area contributed by atoms with E-state index in [0.29, 0.717) is 34.4 Å². The number of carbonyl (C=O) groups excluding carboxylic acids is 3. The normalized spacial score (nSPS) is 21.6. The van der Waals surface area contributed by atoms with Gasteiger partial charge >= 0.3 is 0 Å². The number of anilines is 2. The Hall–Kier alpha value is -1.98. The third-order valence-corrected chi connectivity index (χ3v) is 7.07. The standard InChI is InChI=1S/C20H19BrClN3O5S/c1-29-18-13(23-19(27)15-4-5-16(21)31-15)9-25(20(18)28)11-2-3-14(12(22)8-11)24-6-7-30-10-17(24)26/h2-5,8,13,18H,6-7,9-10H2,1H3,(H,23,27). The molecule has 2 unspecified atom stereocenters. The van der Waals surface area contributed by atoms with Gasteiger partial charge in [0.05, 0.1) is 32.0 Å². The monoisotopic (exact) mass is 527 g/mol. The van der Waals surface area contributed by atoms with Crippen LogP contribution in [0.4, 0.5) is 11.4 Å². The molecule has 2 aliphatic rings. The fraction of sp³-hybridized carbons (Fsp3) is 0.350. The number of amides is 3. The maximum absolute atomic E-state index is 12.9. The zero-order chi connectivity index (χ0) is 22.1. The van der Waals surface area contributed by atoms with Crippen LogP contribution in [0.25, 0.3) is 0 Å². The molecule has 8 nitrogen and oxygen atoms in total. The summed E-state index contributed by atoms with van der Waals surface area (Å²) in [6.45, 7) is 1.10. The summed E-state index contributed by atoms with van der Waals surface area (Å²) >= 11 is 11.1. The average molecular weight is 529 g/mol. The van der Waals surface area contributed by atoms with E-state index in [9.17, 15) is 14.4 Å². The number of halogens is 2. The van der Waals surface area contributed by atoms with Gasteiger partial charge in [-0.1, -0.05) is 11.6 Å². The Balaban J connectivity index is 1.52. The minimum Gasteiger partial charge on any atom is -0.370 e. The summed E-state index contributed by atoms with van der Waals surface area (Å²) in [5.41, 5.74) is 1.14. The number of benzene rings is 1. The molecule has 2 saturated heterocycles. The van der Waals surface area contributed by atoms with Crippen molar-refractivity contribution in [1.82, 2.24) is 5.32 Å². The topological polar surface area (TPSA) is 88.2 Å². The number of thiophene rings is 1. The van der Waals surface area contributed by atoms with Crippen LogP contribution in [0.2, 0.25) is 5.02 Å². The molecular formula is C20H19BrClN3O5S. The van der Waals surface area contributed by atoms with Crippen LogP contribution in [0.3, 0.4) is 0 Å². The van der Waals surface area contributed by atoms with Gasteiger partial charge in [-0.15, -0.1) is 11.3 Å². The highest BCUT2D eigenvalue weighted by Crippen LogP contribution is 2.33. The van der Waals surface area contributed by atoms with Crippen molar-refractivity contribution < 1.29 is 23.9 Å². The van der Waals surface area contributed by atoms with E-state index in [4.69, 9.17) is 21.1 Å². The zero-order valence-corrected chi connectivity index (χ0v) is 19.6. The number of hydrogen-bond donors (Lipinski definition) is 1. The number of morpholine rings is 1. The molecule has 0 aliphatic carbocycles. The Kier molecular flexibility index (Phi) is 6.63. The van der Waals surface area contributed by atoms with Crippen molar-refractivity contribution in [1.29, 1.82) is 0 Å². The highest BCUT2D eigenvalue weighted by Gasteiger charge is 2.42. The third kappa shape index (κ3) is 4.49. The predicted octanol–water partition coefficient (Wildman–Crippen LogP) is 2.69. The van der Waals surface area contributed by atoms with E-state index in [1.165, 1.54) is 23.3 Å². The molecule has 2 fully saturated rings. The van der Waals surface area contributed by atoms with E-state index in [2.05, 4.69) is 21.2 Å². The van der Waals surface area contributed by atoms with Crippen LogP contribution in [0.5, 0.6) is 0 Å². The van der Waals surface area contributed by atoms with Gasteiger partial charge in [-0.05, 0) is 46.3 Å². The number of ether oxygens (including phenoxy) is 2. The first-order chi connectivity index (χ1) is 14.9. The van der Waals surface area contributed by atoms with E-state index >= 15 is 0 Å². The fourth-order valence-electron chi connectivity index (χ4n) is 3.66. The van der Waals surface area contributed by atoms with Gasteiger partial charge in [-0.2, -0.15) is 0 Å². The Morgan fingerprint density at radius 1 is 1.29 bits per heavy atom. The molecule has 1 aromatic carbocycles. The lowest BCUT2D eigenvalue weighted by Gasteiger charge is -2.28. The summed E-state index contributed by atoms with van der Waals surface area (Å²) in [5, 5.41) is 3.24. The van der Waals surface area contributed by atoms with E-state index in [1.54, 1.807) is 35.2 Å². The Bertz CT molecular complexity index is 1030. The molecule has 2 aromatic rings. The van der Waals surface area contributed by atoms with Crippen LogP contribution in [0.1, 0.15) is 9.67 Å². The van der Waals surface area contributed by atoms with Crippen molar-refractivity contribution in [2.24, 2.45) is 0 Å². The number of carbonyl (C=O) groups is 3. The maximum Gasteiger partial charge on any atom is 0.261 e. The minimum absolute atomic E-state index is 0.0143. The highest BCUT2D eigenvalue weighted by atomic mass is 79.9. The number of nitrogens with zero attached hydrogens (tertiary/aromatic N) is 2. The summed E-state index contributed by atoms with van der Waals surface area (Å²) < 4.78 is 11.4. The smallest absolute Gasteiger partial charge is 0.261 e. The van der Waals surface area contributed by atoms with Crippen molar-refractivity contribution in [2.45, 2.75) is 12.1 Å². The van der Waals surface area contributed by atoms with E-state index in [0.717, 1.165) is 3.79 Å². The molecule has 164 valence electrons. The van der Waals surface area contributed by atoms with Crippen molar-refractivity contribution in [3.63, 3.8) is 0 Å². The predicted molar refractivity (Wildman–Crippen MR) is 121 cm³/mol. The molecule has 0 radical (unpaired) electrons. The minimum atomic E-state index is -0.813. The van der Waals surface area contributed by atoms with Crippen LogP contribution in [-0.2, 0) is 19.1 Å². The fourth-order valence-corrected chi connectivity index (χ4v) is 5.22. The van der Waals surface area contributed by atoms with Gasteiger partial charge in [0.15, 0.2) is 6.10 Å². The van der Waals surface area contributed by atoms with E-state index in [1.807, 2.05) is 0 Å². The Labute approximate surface area is 196 Å². The van der Waals surface area contributed by atoms with Crippen molar-refractivity contribution in [3.8, 4) is 0 Å².